The number of amides is 1. The lowest BCUT2D eigenvalue weighted by Gasteiger charge is -2.32. The number of carbonyl (C=O) groups is 1. The van der Waals surface area contributed by atoms with Crippen LogP contribution in [0, 0.1) is 19.8 Å². The Labute approximate surface area is 166 Å². The number of nitrogens with one attached hydrogen (secondary N) is 1. The van der Waals surface area contributed by atoms with Gasteiger partial charge in [-0.3, -0.25) is 9.48 Å². The Morgan fingerprint density at radius 1 is 1.29 bits per heavy atom. The molecule has 6 nitrogen and oxygen atoms in total. The molecule has 1 aliphatic heterocycles. The van der Waals surface area contributed by atoms with E-state index in [0.717, 1.165) is 67.0 Å². The average molecular weight is 380 g/mol. The number of aromatic nitrogens is 4. The summed E-state index contributed by atoms with van der Waals surface area (Å²) in [5.41, 5.74) is 5.51. The van der Waals surface area contributed by atoms with Crippen LogP contribution in [-0.2, 0) is 24.7 Å². The second-order valence-corrected chi connectivity index (χ2v) is 8.03. The number of fused-ring (bicyclic) bond motifs is 1. The van der Waals surface area contributed by atoms with Crippen molar-refractivity contribution in [3.05, 3.63) is 47.0 Å². The number of imidazole rings is 1. The highest BCUT2D eigenvalue weighted by atomic mass is 16.2. The summed E-state index contributed by atoms with van der Waals surface area (Å²) >= 11 is 0. The molecule has 0 radical (unpaired) electrons. The number of benzene rings is 1. The lowest BCUT2D eigenvalue weighted by molar-refractivity contribution is -0.133. The van der Waals surface area contributed by atoms with E-state index in [0.29, 0.717) is 12.3 Å². The molecule has 0 saturated carbocycles. The Hall–Kier alpha value is -2.63. The number of hydrogen-bond acceptors (Lipinski definition) is 3. The van der Waals surface area contributed by atoms with Crippen molar-refractivity contribution in [2.45, 2.75) is 46.0 Å². The third-order valence-corrected chi connectivity index (χ3v) is 6.04. The van der Waals surface area contributed by atoms with Gasteiger partial charge in [0.15, 0.2) is 0 Å². The Kier molecular flexibility index (Phi) is 5.20. The molecule has 1 unspecified atom stereocenters. The highest BCUT2D eigenvalue weighted by molar-refractivity contribution is 5.76. The monoisotopic (exact) mass is 379 g/mol. The van der Waals surface area contributed by atoms with Crippen LogP contribution in [0.3, 0.4) is 0 Å². The maximum absolute atomic E-state index is 12.8. The quantitative estimate of drug-likeness (QED) is 0.739. The standard InChI is InChI=1S/C22H29N5O/c1-15-18(16(2)26(3)25-15)10-11-22(28)27-12-6-7-17(14-27)13-21-23-19-8-4-5-9-20(19)24-21/h4-5,8-9,17H,6-7,10-14H2,1-3H3,(H,23,24). The van der Waals surface area contributed by atoms with Crippen molar-refractivity contribution < 1.29 is 4.79 Å². The summed E-state index contributed by atoms with van der Waals surface area (Å²) in [6, 6.07) is 8.13. The molecule has 1 aliphatic rings. The Morgan fingerprint density at radius 2 is 2.11 bits per heavy atom. The van der Waals surface area contributed by atoms with Gasteiger partial charge in [0, 0.05) is 38.7 Å². The van der Waals surface area contributed by atoms with E-state index in [9.17, 15) is 4.79 Å². The molecular formula is C22H29N5O. The summed E-state index contributed by atoms with van der Waals surface area (Å²) in [6.07, 6.45) is 4.46. The number of carbonyl (C=O) groups excluding carboxylic acids is 1. The zero-order valence-corrected chi connectivity index (χ0v) is 17.0. The first-order valence-electron chi connectivity index (χ1n) is 10.2. The number of para-hydroxylation sites is 2. The van der Waals surface area contributed by atoms with Gasteiger partial charge in [0.25, 0.3) is 0 Å². The molecule has 1 atom stereocenters. The molecule has 1 amide bonds. The van der Waals surface area contributed by atoms with E-state index in [1.165, 1.54) is 5.56 Å². The van der Waals surface area contributed by atoms with Crippen LogP contribution in [-0.4, -0.2) is 43.6 Å². The molecule has 0 bridgehead atoms. The van der Waals surface area contributed by atoms with Gasteiger partial charge in [0.1, 0.15) is 5.82 Å². The van der Waals surface area contributed by atoms with Crippen LogP contribution in [0.4, 0.5) is 0 Å². The summed E-state index contributed by atoms with van der Waals surface area (Å²) in [6.45, 7) is 5.81. The van der Waals surface area contributed by atoms with E-state index < -0.39 is 0 Å². The summed E-state index contributed by atoms with van der Waals surface area (Å²) in [5, 5.41) is 4.46. The summed E-state index contributed by atoms with van der Waals surface area (Å²) in [5.74, 6) is 1.76. The number of aryl methyl sites for hydroxylation is 2. The van der Waals surface area contributed by atoms with Crippen LogP contribution < -0.4 is 0 Å². The van der Waals surface area contributed by atoms with Crippen molar-refractivity contribution in [2.24, 2.45) is 13.0 Å². The van der Waals surface area contributed by atoms with Gasteiger partial charge >= 0.3 is 0 Å². The fourth-order valence-corrected chi connectivity index (χ4v) is 4.40. The molecule has 6 heteroatoms. The highest BCUT2D eigenvalue weighted by Crippen LogP contribution is 2.23. The molecular weight excluding hydrogens is 350 g/mol. The lowest BCUT2D eigenvalue weighted by atomic mass is 9.94. The molecule has 28 heavy (non-hydrogen) atoms. The second kappa shape index (κ2) is 7.78. The molecule has 0 aliphatic carbocycles. The Bertz CT molecular complexity index is 953. The molecule has 1 aromatic carbocycles. The van der Waals surface area contributed by atoms with Gasteiger partial charge in [-0.25, -0.2) is 4.98 Å². The van der Waals surface area contributed by atoms with Crippen molar-refractivity contribution in [2.75, 3.05) is 13.1 Å². The summed E-state index contributed by atoms with van der Waals surface area (Å²) in [7, 11) is 1.96. The summed E-state index contributed by atoms with van der Waals surface area (Å²) < 4.78 is 1.90. The van der Waals surface area contributed by atoms with Crippen LogP contribution >= 0.6 is 0 Å². The van der Waals surface area contributed by atoms with Gasteiger partial charge in [0.2, 0.25) is 5.91 Å². The molecule has 148 valence electrons. The maximum Gasteiger partial charge on any atom is 0.222 e. The van der Waals surface area contributed by atoms with Gasteiger partial charge in [-0.15, -0.1) is 0 Å². The van der Waals surface area contributed by atoms with Gasteiger partial charge in [-0.05, 0) is 56.7 Å². The van der Waals surface area contributed by atoms with E-state index >= 15 is 0 Å². The molecule has 1 N–H and O–H groups in total. The van der Waals surface area contributed by atoms with Crippen molar-refractivity contribution >= 4 is 16.9 Å². The second-order valence-electron chi connectivity index (χ2n) is 8.03. The largest absolute Gasteiger partial charge is 0.342 e. The Balaban J connectivity index is 1.35. The topological polar surface area (TPSA) is 66.8 Å². The highest BCUT2D eigenvalue weighted by Gasteiger charge is 2.25. The first-order valence-corrected chi connectivity index (χ1v) is 10.2. The minimum Gasteiger partial charge on any atom is -0.342 e. The normalized spacial score (nSPS) is 17.4. The fourth-order valence-electron chi connectivity index (χ4n) is 4.40. The molecule has 0 spiro atoms. The average Bonchev–Trinajstić information content (AvgIpc) is 3.20. The van der Waals surface area contributed by atoms with Gasteiger partial charge in [-0.2, -0.15) is 5.10 Å². The summed E-state index contributed by atoms with van der Waals surface area (Å²) in [4.78, 5) is 23.0. The minimum absolute atomic E-state index is 0.261. The SMILES string of the molecule is Cc1nn(C)c(C)c1CCC(=O)N1CCCC(Cc2nc3ccccc3[nH]2)C1. The number of piperidine rings is 1. The number of H-pyrrole nitrogens is 1. The first-order chi connectivity index (χ1) is 13.5. The van der Waals surface area contributed by atoms with Crippen molar-refractivity contribution in [1.29, 1.82) is 0 Å². The number of likely N-dealkylation sites (tertiary alicyclic amines) is 1. The molecule has 1 saturated heterocycles. The maximum atomic E-state index is 12.8. The fraction of sp³-hybridized carbons (Fsp3) is 0.500. The Morgan fingerprint density at radius 3 is 2.86 bits per heavy atom. The molecule has 3 heterocycles. The zero-order chi connectivity index (χ0) is 19.7. The van der Waals surface area contributed by atoms with Crippen molar-refractivity contribution in [1.82, 2.24) is 24.6 Å². The lowest BCUT2D eigenvalue weighted by Crippen LogP contribution is -2.40. The van der Waals surface area contributed by atoms with Gasteiger partial charge in [0.05, 0.1) is 16.7 Å². The smallest absolute Gasteiger partial charge is 0.222 e. The first kappa shape index (κ1) is 18.7. The van der Waals surface area contributed by atoms with Crippen LogP contribution in [0.15, 0.2) is 24.3 Å². The predicted molar refractivity (Wildman–Crippen MR) is 110 cm³/mol. The van der Waals surface area contributed by atoms with Crippen LogP contribution in [0.1, 0.15) is 42.0 Å². The van der Waals surface area contributed by atoms with Crippen molar-refractivity contribution in [3.63, 3.8) is 0 Å². The third-order valence-electron chi connectivity index (χ3n) is 6.04. The number of aromatic amines is 1. The minimum atomic E-state index is 0.261. The van der Waals surface area contributed by atoms with Crippen LogP contribution in [0.5, 0.6) is 0 Å². The van der Waals surface area contributed by atoms with Crippen LogP contribution in [0.25, 0.3) is 11.0 Å². The predicted octanol–water partition coefficient (Wildman–Crippen LogP) is 3.33. The number of nitrogens with zero attached hydrogens (tertiary/aromatic N) is 4. The van der Waals surface area contributed by atoms with Crippen LogP contribution in [0.2, 0.25) is 0 Å². The molecule has 1 fully saturated rings. The van der Waals surface area contributed by atoms with Crippen molar-refractivity contribution in [3.8, 4) is 0 Å². The molecule has 2 aromatic heterocycles. The number of rotatable bonds is 5. The van der Waals surface area contributed by atoms with Gasteiger partial charge < -0.3 is 9.88 Å². The number of hydrogen-bond donors (Lipinski definition) is 1. The van der Waals surface area contributed by atoms with E-state index in [1.54, 1.807) is 0 Å². The van der Waals surface area contributed by atoms with E-state index in [4.69, 9.17) is 4.98 Å². The third kappa shape index (κ3) is 3.81. The van der Waals surface area contributed by atoms with E-state index in [1.807, 2.05) is 36.9 Å². The van der Waals surface area contributed by atoms with E-state index in [2.05, 4.69) is 28.0 Å². The molecule has 4 rings (SSSR count). The zero-order valence-electron chi connectivity index (χ0n) is 17.0. The van der Waals surface area contributed by atoms with E-state index in [-0.39, 0.29) is 5.91 Å². The van der Waals surface area contributed by atoms with Gasteiger partial charge in [-0.1, -0.05) is 12.1 Å². The molecule has 3 aromatic rings.